The Labute approximate surface area is 133 Å². The fourth-order valence-corrected chi connectivity index (χ4v) is 5.80. The van der Waals surface area contributed by atoms with Crippen LogP contribution in [0, 0.1) is 0 Å². The zero-order valence-electron chi connectivity index (χ0n) is 11.1. The zero-order chi connectivity index (χ0) is 14.7. The summed E-state index contributed by atoms with van der Waals surface area (Å²) in [5.74, 6) is 2.67. The highest BCUT2D eigenvalue weighted by Gasteiger charge is 2.19. The van der Waals surface area contributed by atoms with E-state index < -0.39 is 10.1 Å². The van der Waals surface area contributed by atoms with E-state index in [1.807, 2.05) is 35.7 Å². The van der Waals surface area contributed by atoms with E-state index >= 15 is 0 Å². The Hall–Kier alpha value is -1.11. The lowest BCUT2D eigenvalue weighted by Gasteiger charge is -2.10. The molecule has 6 heteroatoms. The average molecular weight is 338 g/mol. The van der Waals surface area contributed by atoms with Crippen molar-refractivity contribution in [2.24, 2.45) is 0 Å². The van der Waals surface area contributed by atoms with Gasteiger partial charge in [-0.3, -0.25) is 0 Å². The molecule has 0 N–H and O–H groups in total. The first-order valence-corrected chi connectivity index (χ1v) is 9.98. The number of benzene rings is 2. The summed E-state index contributed by atoms with van der Waals surface area (Å²) < 4.78 is 29.8. The minimum absolute atomic E-state index is 0.163. The predicted molar refractivity (Wildman–Crippen MR) is 88.4 cm³/mol. The summed E-state index contributed by atoms with van der Waals surface area (Å²) in [6, 6.07) is 15.5. The van der Waals surface area contributed by atoms with Crippen LogP contribution in [0.3, 0.4) is 0 Å². The van der Waals surface area contributed by atoms with Crippen LogP contribution in [0.25, 0.3) is 0 Å². The lowest BCUT2D eigenvalue weighted by atomic mass is 10.2. The van der Waals surface area contributed by atoms with Crippen molar-refractivity contribution in [3.05, 3.63) is 60.2 Å². The molecule has 0 aliphatic carbocycles. The molecule has 1 aliphatic heterocycles. The fourth-order valence-electron chi connectivity index (χ4n) is 1.99. The van der Waals surface area contributed by atoms with Gasteiger partial charge >= 0.3 is 10.1 Å². The van der Waals surface area contributed by atoms with E-state index in [9.17, 15) is 8.42 Å². The highest BCUT2D eigenvalue weighted by molar-refractivity contribution is 8.19. The average Bonchev–Trinajstić information content (AvgIpc) is 3.03. The van der Waals surface area contributed by atoms with E-state index in [1.165, 1.54) is 17.7 Å². The van der Waals surface area contributed by atoms with Crippen LogP contribution in [0.15, 0.2) is 59.5 Å². The van der Waals surface area contributed by atoms with Gasteiger partial charge in [0.05, 0.1) is 4.58 Å². The van der Waals surface area contributed by atoms with Gasteiger partial charge in [-0.1, -0.05) is 30.3 Å². The number of thioether (sulfide) groups is 2. The fraction of sp³-hybridized carbons (Fsp3) is 0.200. The smallest absolute Gasteiger partial charge is 0.339 e. The lowest BCUT2D eigenvalue weighted by Crippen LogP contribution is -2.09. The van der Waals surface area contributed by atoms with Crippen molar-refractivity contribution in [3.8, 4) is 5.75 Å². The van der Waals surface area contributed by atoms with Gasteiger partial charge < -0.3 is 4.18 Å². The Morgan fingerprint density at radius 1 is 0.905 bits per heavy atom. The summed E-state index contributed by atoms with van der Waals surface area (Å²) in [5, 5.41) is 0. The van der Waals surface area contributed by atoms with Crippen molar-refractivity contribution < 1.29 is 12.6 Å². The van der Waals surface area contributed by atoms with Gasteiger partial charge in [0.1, 0.15) is 10.6 Å². The maximum absolute atomic E-state index is 12.1. The highest BCUT2D eigenvalue weighted by atomic mass is 32.2. The molecular formula is C15H14O3S3. The molecule has 0 spiro atoms. The zero-order valence-corrected chi connectivity index (χ0v) is 13.6. The van der Waals surface area contributed by atoms with E-state index in [4.69, 9.17) is 4.18 Å². The van der Waals surface area contributed by atoms with Crippen LogP contribution in [0.5, 0.6) is 5.75 Å². The lowest BCUT2D eigenvalue weighted by molar-refractivity contribution is 0.486. The molecular weight excluding hydrogens is 324 g/mol. The molecule has 0 saturated carbocycles. The van der Waals surface area contributed by atoms with Crippen LogP contribution in [-0.2, 0) is 10.1 Å². The van der Waals surface area contributed by atoms with Crippen molar-refractivity contribution in [2.45, 2.75) is 9.48 Å². The molecule has 3 rings (SSSR count). The summed E-state index contributed by atoms with van der Waals surface area (Å²) in [7, 11) is -3.76. The summed E-state index contributed by atoms with van der Waals surface area (Å²) in [5.41, 5.74) is 1.20. The van der Waals surface area contributed by atoms with Crippen molar-refractivity contribution in [3.63, 3.8) is 0 Å². The molecule has 2 aromatic carbocycles. The quantitative estimate of drug-likeness (QED) is 0.790. The van der Waals surface area contributed by atoms with Crippen molar-refractivity contribution in [1.29, 1.82) is 0 Å². The minimum Gasteiger partial charge on any atom is -0.379 e. The molecule has 0 amide bonds. The third kappa shape index (κ3) is 3.56. The molecule has 0 radical (unpaired) electrons. The second-order valence-corrected chi connectivity index (χ2v) is 8.76. The van der Waals surface area contributed by atoms with Crippen molar-refractivity contribution in [2.75, 3.05) is 11.5 Å². The second kappa shape index (κ2) is 6.34. The summed E-state index contributed by atoms with van der Waals surface area (Å²) in [4.78, 5) is 0.163. The molecule has 2 aromatic rings. The van der Waals surface area contributed by atoms with E-state index in [0.29, 0.717) is 10.3 Å². The van der Waals surface area contributed by atoms with Crippen molar-refractivity contribution in [1.82, 2.24) is 0 Å². The SMILES string of the molecule is O=S(=O)(Oc1ccc(C2SCCS2)cc1)c1ccccc1. The van der Waals surface area contributed by atoms with Gasteiger partial charge in [0.15, 0.2) is 0 Å². The standard InChI is InChI=1S/C15H14O3S3/c16-21(17,14-4-2-1-3-5-14)18-13-8-6-12(7-9-13)15-19-10-11-20-15/h1-9,15H,10-11H2. The Morgan fingerprint density at radius 3 is 2.14 bits per heavy atom. The van der Waals surface area contributed by atoms with Crippen LogP contribution in [0.2, 0.25) is 0 Å². The minimum atomic E-state index is -3.76. The molecule has 1 heterocycles. The number of rotatable bonds is 4. The summed E-state index contributed by atoms with van der Waals surface area (Å²) >= 11 is 3.83. The first-order chi connectivity index (χ1) is 10.1. The Morgan fingerprint density at radius 2 is 1.52 bits per heavy atom. The maximum Gasteiger partial charge on any atom is 0.339 e. The topological polar surface area (TPSA) is 43.4 Å². The molecule has 3 nitrogen and oxygen atoms in total. The summed E-state index contributed by atoms with van der Waals surface area (Å²) in [6.45, 7) is 0. The molecule has 21 heavy (non-hydrogen) atoms. The van der Waals surface area contributed by atoms with Gasteiger partial charge in [-0.05, 0) is 29.8 Å². The van der Waals surface area contributed by atoms with Gasteiger partial charge in [-0.15, -0.1) is 23.5 Å². The maximum atomic E-state index is 12.1. The molecule has 1 aliphatic rings. The molecule has 1 saturated heterocycles. The van der Waals surface area contributed by atoms with Gasteiger partial charge in [0.2, 0.25) is 0 Å². The Balaban J connectivity index is 1.76. The normalized spacial score (nSPS) is 16.0. The third-order valence-corrected chi connectivity index (χ3v) is 7.38. The van der Waals surface area contributed by atoms with Gasteiger partial charge in [0, 0.05) is 11.5 Å². The molecule has 0 atom stereocenters. The monoisotopic (exact) mass is 338 g/mol. The van der Waals surface area contributed by atoms with Gasteiger partial charge in [-0.2, -0.15) is 8.42 Å². The molecule has 0 unspecified atom stereocenters. The molecule has 0 bridgehead atoms. The van der Waals surface area contributed by atoms with E-state index in [2.05, 4.69) is 0 Å². The van der Waals surface area contributed by atoms with Crippen LogP contribution in [-0.4, -0.2) is 19.9 Å². The van der Waals surface area contributed by atoms with E-state index in [0.717, 1.165) is 11.5 Å². The Kier molecular flexibility index (Phi) is 4.47. The first-order valence-electron chi connectivity index (χ1n) is 6.48. The van der Waals surface area contributed by atoms with Gasteiger partial charge in [-0.25, -0.2) is 0 Å². The highest BCUT2D eigenvalue weighted by Crippen LogP contribution is 2.45. The van der Waals surface area contributed by atoms with E-state index in [1.54, 1.807) is 30.3 Å². The first kappa shape index (κ1) is 14.8. The van der Waals surface area contributed by atoms with Crippen molar-refractivity contribution >= 4 is 33.6 Å². The Bertz CT molecular complexity index is 691. The van der Waals surface area contributed by atoms with Crippen LogP contribution in [0.1, 0.15) is 10.1 Å². The van der Waals surface area contributed by atoms with Crippen LogP contribution >= 0.6 is 23.5 Å². The molecule has 0 aromatic heterocycles. The number of hydrogen-bond donors (Lipinski definition) is 0. The summed E-state index contributed by atoms with van der Waals surface area (Å²) in [6.07, 6.45) is 0. The third-order valence-electron chi connectivity index (χ3n) is 3.01. The van der Waals surface area contributed by atoms with Crippen LogP contribution in [0.4, 0.5) is 0 Å². The predicted octanol–water partition coefficient (Wildman–Crippen LogP) is 3.93. The second-order valence-electron chi connectivity index (χ2n) is 4.49. The van der Waals surface area contributed by atoms with Gasteiger partial charge in [0.25, 0.3) is 0 Å². The largest absolute Gasteiger partial charge is 0.379 e. The number of hydrogen-bond acceptors (Lipinski definition) is 5. The molecule has 1 fully saturated rings. The molecule has 110 valence electrons. The van der Waals surface area contributed by atoms with Crippen LogP contribution < -0.4 is 4.18 Å². The van der Waals surface area contributed by atoms with E-state index in [-0.39, 0.29) is 4.90 Å².